The molecule has 0 aromatic rings. The Morgan fingerprint density at radius 2 is 2.21 bits per heavy atom. The fourth-order valence-corrected chi connectivity index (χ4v) is 6.21. The summed E-state index contributed by atoms with van der Waals surface area (Å²) in [6.45, 7) is 6.36. The molecule has 134 valence electrons. The number of hydrogen-bond donors (Lipinski definition) is 1. The van der Waals surface area contributed by atoms with Gasteiger partial charge in [0.15, 0.2) is 5.60 Å². The Bertz CT molecular complexity index is 577. The summed E-state index contributed by atoms with van der Waals surface area (Å²) in [5.74, 6) is 2.22. The van der Waals surface area contributed by atoms with E-state index in [1.165, 1.54) is 39.0 Å². The number of aliphatic hydroxyl groups is 1. The smallest absolute Gasteiger partial charge is 0.347 e. The Labute approximate surface area is 159 Å². The van der Waals surface area contributed by atoms with E-state index < -0.39 is 11.6 Å². The summed E-state index contributed by atoms with van der Waals surface area (Å²) < 4.78 is 7.55. The first-order valence-electron chi connectivity index (χ1n) is 9.23. The highest BCUT2D eigenvalue weighted by molar-refractivity contribution is 14.1. The number of cyclic esters (lactones) is 1. The van der Waals surface area contributed by atoms with Crippen LogP contribution in [0.25, 0.3) is 0 Å². The molecule has 2 fully saturated rings. The number of carbonyl (C=O) groups excluding carboxylic acids is 1. The standard InChI is InChI=1S/C20H29IO3/c1-13(6-7-15-11-20(3,23)18(22)24-15)16-8-9-17-14(12-21)5-4-10-19(16,17)2/h11-13,16-17,23H,4-10H2,1-3H3/t13-,16-,17?,19-,20+/m1/s1. The number of esters is 1. The van der Waals surface area contributed by atoms with Crippen molar-refractivity contribution >= 4 is 28.6 Å². The van der Waals surface area contributed by atoms with Gasteiger partial charge >= 0.3 is 5.97 Å². The van der Waals surface area contributed by atoms with Gasteiger partial charge in [-0.05, 0) is 78.8 Å². The molecule has 5 atom stereocenters. The molecule has 1 unspecified atom stereocenters. The van der Waals surface area contributed by atoms with Crippen molar-refractivity contribution in [2.24, 2.45) is 23.2 Å². The highest BCUT2D eigenvalue weighted by Crippen LogP contribution is 2.60. The predicted octanol–water partition coefficient (Wildman–Crippen LogP) is 5.13. The summed E-state index contributed by atoms with van der Waals surface area (Å²) in [6, 6.07) is 0. The highest BCUT2D eigenvalue weighted by atomic mass is 127. The zero-order valence-corrected chi connectivity index (χ0v) is 17.1. The molecule has 4 heteroatoms. The van der Waals surface area contributed by atoms with Crippen molar-refractivity contribution in [3.05, 3.63) is 21.5 Å². The topological polar surface area (TPSA) is 46.5 Å². The third-order valence-corrected chi connectivity index (χ3v) is 7.59. The van der Waals surface area contributed by atoms with Crippen LogP contribution < -0.4 is 0 Å². The van der Waals surface area contributed by atoms with E-state index in [1.54, 1.807) is 11.6 Å². The Hall–Kier alpha value is -0.360. The molecule has 0 bridgehead atoms. The summed E-state index contributed by atoms with van der Waals surface area (Å²) in [6.07, 6.45) is 9.92. The lowest BCUT2D eigenvalue weighted by atomic mass is 9.61. The average Bonchev–Trinajstić information content (AvgIpc) is 3.00. The molecule has 0 aromatic heterocycles. The van der Waals surface area contributed by atoms with Crippen molar-refractivity contribution < 1.29 is 14.6 Å². The zero-order valence-electron chi connectivity index (χ0n) is 15.0. The average molecular weight is 444 g/mol. The maximum atomic E-state index is 11.6. The van der Waals surface area contributed by atoms with E-state index in [9.17, 15) is 9.90 Å². The quantitative estimate of drug-likeness (QED) is 0.483. The van der Waals surface area contributed by atoms with Gasteiger partial charge < -0.3 is 9.84 Å². The van der Waals surface area contributed by atoms with Crippen LogP contribution in [0.1, 0.15) is 65.7 Å². The second kappa shape index (κ2) is 6.75. The second-order valence-electron chi connectivity index (χ2n) is 8.44. The maximum Gasteiger partial charge on any atom is 0.347 e. The number of ether oxygens (including phenoxy) is 1. The van der Waals surface area contributed by atoms with E-state index in [2.05, 4.69) is 40.5 Å². The van der Waals surface area contributed by atoms with Gasteiger partial charge in [-0.3, -0.25) is 0 Å². The van der Waals surface area contributed by atoms with Crippen LogP contribution in [0.2, 0.25) is 0 Å². The molecule has 3 nitrogen and oxygen atoms in total. The molecule has 24 heavy (non-hydrogen) atoms. The molecule has 1 heterocycles. The van der Waals surface area contributed by atoms with Gasteiger partial charge in [-0.25, -0.2) is 4.79 Å². The minimum Gasteiger partial charge on any atom is -0.429 e. The van der Waals surface area contributed by atoms with Crippen LogP contribution in [0.4, 0.5) is 0 Å². The molecule has 1 aliphatic heterocycles. The normalized spacial score (nSPS) is 42.0. The summed E-state index contributed by atoms with van der Waals surface area (Å²) >= 11 is 2.42. The zero-order chi connectivity index (χ0) is 17.5. The lowest BCUT2D eigenvalue weighted by Crippen LogP contribution is -2.35. The molecule has 0 aromatic carbocycles. The molecule has 0 radical (unpaired) electrons. The monoisotopic (exact) mass is 444 g/mol. The van der Waals surface area contributed by atoms with Crippen molar-refractivity contribution in [3.63, 3.8) is 0 Å². The van der Waals surface area contributed by atoms with Gasteiger partial charge in [0, 0.05) is 6.42 Å². The first kappa shape index (κ1) is 18.4. The molecular formula is C20H29IO3. The fourth-order valence-electron chi connectivity index (χ4n) is 5.46. The molecule has 0 saturated heterocycles. The summed E-state index contributed by atoms with van der Waals surface area (Å²) in [4.78, 5) is 11.6. The Kier molecular flexibility index (Phi) is 5.18. The van der Waals surface area contributed by atoms with E-state index >= 15 is 0 Å². The maximum absolute atomic E-state index is 11.6. The van der Waals surface area contributed by atoms with Crippen molar-refractivity contribution in [2.75, 3.05) is 0 Å². The summed E-state index contributed by atoms with van der Waals surface area (Å²) in [5, 5.41) is 9.90. The third kappa shape index (κ3) is 3.20. The molecular weight excluding hydrogens is 415 g/mol. The first-order chi connectivity index (χ1) is 11.3. The third-order valence-electron chi connectivity index (χ3n) is 6.79. The van der Waals surface area contributed by atoms with Gasteiger partial charge in [-0.15, -0.1) is 0 Å². The van der Waals surface area contributed by atoms with Crippen LogP contribution in [0.5, 0.6) is 0 Å². The van der Waals surface area contributed by atoms with Gasteiger partial charge in [0.1, 0.15) is 5.76 Å². The number of allylic oxidation sites excluding steroid dienone is 2. The van der Waals surface area contributed by atoms with Crippen LogP contribution in [-0.4, -0.2) is 16.7 Å². The van der Waals surface area contributed by atoms with Gasteiger partial charge in [0.05, 0.1) is 0 Å². The van der Waals surface area contributed by atoms with Crippen LogP contribution in [0.15, 0.2) is 21.5 Å². The molecule has 2 aliphatic carbocycles. The Balaban J connectivity index is 1.64. The van der Waals surface area contributed by atoms with Gasteiger partial charge in [-0.1, -0.05) is 42.0 Å². The van der Waals surface area contributed by atoms with Crippen molar-refractivity contribution in [1.82, 2.24) is 0 Å². The van der Waals surface area contributed by atoms with Crippen LogP contribution in [0, 0.1) is 23.2 Å². The van der Waals surface area contributed by atoms with Crippen LogP contribution in [0.3, 0.4) is 0 Å². The van der Waals surface area contributed by atoms with Crippen molar-refractivity contribution in [2.45, 2.75) is 71.3 Å². The predicted molar refractivity (Wildman–Crippen MR) is 103 cm³/mol. The number of hydrogen-bond acceptors (Lipinski definition) is 3. The minimum absolute atomic E-state index is 0.431. The van der Waals surface area contributed by atoms with Gasteiger partial charge in [0.25, 0.3) is 0 Å². The molecule has 1 N–H and O–H groups in total. The van der Waals surface area contributed by atoms with Gasteiger partial charge in [-0.2, -0.15) is 0 Å². The molecule has 3 rings (SSSR count). The fraction of sp³-hybridized carbons (Fsp3) is 0.750. The SMILES string of the molecule is C[C@H](CCC1=C[C@](C)(O)C(=O)O1)[C@H]1CCC2C(=CI)CCC[C@@]21C. The number of carbonyl (C=O) groups is 1. The van der Waals surface area contributed by atoms with E-state index in [0.717, 1.165) is 24.7 Å². The lowest BCUT2D eigenvalue weighted by Gasteiger charge is -2.44. The number of fused-ring (bicyclic) bond motifs is 1. The summed E-state index contributed by atoms with van der Waals surface area (Å²) in [7, 11) is 0. The van der Waals surface area contributed by atoms with Crippen molar-refractivity contribution in [3.8, 4) is 0 Å². The minimum atomic E-state index is -1.44. The van der Waals surface area contributed by atoms with Crippen LogP contribution >= 0.6 is 22.6 Å². The molecule has 0 amide bonds. The van der Waals surface area contributed by atoms with E-state index in [1.807, 2.05) is 0 Å². The highest BCUT2D eigenvalue weighted by Gasteiger charge is 2.50. The largest absolute Gasteiger partial charge is 0.429 e. The number of rotatable bonds is 4. The van der Waals surface area contributed by atoms with E-state index in [0.29, 0.717) is 17.1 Å². The van der Waals surface area contributed by atoms with Crippen molar-refractivity contribution in [1.29, 1.82) is 0 Å². The van der Waals surface area contributed by atoms with Crippen LogP contribution in [-0.2, 0) is 9.53 Å². The van der Waals surface area contributed by atoms with Gasteiger partial charge in [0.2, 0.25) is 0 Å². The lowest BCUT2D eigenvalue weighted by molar-refractivity contribution is -0.150. The van der Waals surface area contributed by atoms with E-state index in [4.69, 9.17) is 4.74 Å². The number of halogens is 1. The first-order valence-corrected chi connectivity index (χ1v) is 10.5. The Morgan fingerprint density at radius 1 is 1.46 bits per heavy atom. The Morgan fingerprint density at radius 3 is 2.83 bits per heavy atom. The summed E-state index contributed by atoms with van der Waals surface area (Å²) in [5.41, 5.74) is 0.662. The molecule has 2 saturated carbocycles. The van der Waals surface area contributed by atoms with E-state index in [-0.39, 0.29) is 0 Å². The molecule has 3 aliphatic rings. The second-order valence-corrected chi connectivity index (χ2v) is 9.07. The molecule has 0 spiro atoms.